The first kappa shape index (κ1) is 33.6. The fraction of sp³-hybridized carbons (Fsp3) is 0.452. The number of anilines is 1. The van der Waals surface area contributed by atoms with Gasteiger partial charge in [0.05, 0.1) is 12.2 Å². The number of halogens is 1. The van der Waals surface area contributed by atoms with Crippen molar-refractivity contribution in [3.63, 3.8) is 0 Å². The van der Waals surface area contributed by atoms with Crippen molar-refractivity contribution < 1.29 is 19.1 Å². The number of carbonyl (C=O) groups excluding carboxylic acids is 3. The van der Waals surface area contributed by atoms with Gasteiger partial charge in [-0.3, -0.25) is 14.4 Å². The van der Waals surface area contributed by atoms with Crippen molar-refractivity contribution in [2.24, 2.45) is 5.41 Å². The summed E-state index contributed by atoms with van der Waals surface area (Å²) in [5.41, 5.74) is 1.11. The minimum absolute atomic E-state index is 0.0617. The summed E-state index contributed by atoms with van der Waals surface area (Å²) in [4.78, 5) is 41.7. The van der Waals surface area contributed by atoms with Crippen LogP contribution in [0.3, 0.4) is 0 Å². The van der Waals surface area contributed by atoms with Crippen LogP contribution in [0.5, 0.6) is 5.75 Å². The number of carbonyl (C=O) groups is 3. The molecule has 4 N–H and O–H groups in total. The highest BCUT2D eigenvalue weighted by atomic mass is 35.5. The van der Waals surface area contributed by atoms with Crippen molar-refractivity contribution in [2.45, 2.75) is 53.5 Å². The molecule has 9 nitrogen and oxygen atoms in total. The van der Waals surface area contributed by atoms with Gasteiger partial charge in [-0.25, -0.2) is 0 Å². The molecule has 0 radical (unpaired) electrons. The second-order valence-corrected chi connectivity index (χ2v) is 11.3. The van der Waals surface area contributed by atoms with E-state index in [1.165, 1.54) is 0 Å². The predicted octanol–water partition coefficient (Wildman–Crippen LogP) is 4.80. The highest BCUT2D eigenvalue weighted by Gasteiger charge is 2.26. The number of hydrogen-bond donors (Lipinski definition) is 4. The summed E-state index contributed by atoms with van der Waals surface area (Å²) < 4.78 is 5.56. The van der Waals surface area contributed by atoms with Crippen molar-refractivity contribution in [1.29, 1.82) is 0 Å². The first-order valence-electron chi connectivity index (χ1n) is 13.8. The van der Waals surface area contributed by atoms with E-state index in [4.69, 9.17) is 16.3 Å². The number of rotatable bonds is 15. The molecule has 0 bridgehead atoms. The summed E-state index contributed by atoms with van der Waals surface area (Å²) in [6.07, 6.45) is 0.594. The molecule has 0 aliphatic heterocycles. The number of hydrogen-bond acceptors (Lipinski definition) is 6. The van der Waals surface area contributed by atoms with Gasteiger partial charge in [0.1, 0.15) is 11.4 Å². The Morgan fingerprint density at radius 2 is 1.76 bits per heavy atom. The highest BCUT2D eigenvalue weighted by molar-refractivity contribution is 6.31. The molecule has 0 spiro atoms. The van der Waals surface area contributed by atoms with Gasteiger partial charge in [0.25, 0.3) is 11.8 Å². The third kappa shape index (κ3) is 11.1. The average Bonchev–Trinajstić information content (AvgIpc) is 2.92. The van der Waals surface area contributed by atoms with Crippen molar-refractivity contribution in [2.75, 3.05) is 39.1 Å². The van der Waals surface area contributed by atoms with Crippen molar-refractivity contribution in [1.82, 2.24) is 20.9 Å². The lowest BCUT2D eigenvalue weighted by atomic mass is 9.88. The van der Waals surface area contributed by atoms with E-state index in [1.54, 1.807) is 37.4 Å². The van der Waals surface area contributed by atoms with Gasteiger partial charge < -0.3 is 30.9 Å². The number of benzene rings is 2. The Morgan fingerprint density at radius 3 is 2.37 bits per heavy atom. The van der Waals surface area contributed by atoms with E-state index < -0.39 is 11.3 Å². The molecule has 2 aromatic rings. The molecule has 0 aliphatic carbocycles. The molecule has 41 heavy (non-hydrogen) atoms. The van der Waals surface area contributed by atoms with Crippen molar-refractivity contribution >= 4 is 35.0 Å². The van der Waals surface area contributed by atoms with Gasteiger partial charge >= 0.3 is 0 Å². The van der Waals surface area contributed by atoms with Crippen LogP contribution in [0.1, 0.15) is 57.8 Å². The van der Waals surface area contributed by atoms with Gasteiger partial charge in [-0.05, 0) is 63.6 Å². The normalized spacial score (nSPS) is 12.0. The molecule has 3 amide bonds. The summed E-state index contributed by atoms with van der Waals surface area (Å²) in [5, 5.41) is 12.1. The monoisotopic (exact) mass is 585 g/mol. The fourth-order valence-electron chi connectivity index (χ4n) is 3.96. The molecule has 0 atom stereocenters. The predicted molar refractivity (Wildman–Crippen MR) is 165 cm³/mol. The smallest absolute Gasteiger partial charge is 0.273 e. The minimum Gasteiger partial charge on any atom is -0.493 e. The highest BCUT2D eigenvalue weighted by Crippen LogP contribution is 2.24. The molecule has 0 saturated carbocycles. The quantitative estimate of drug-likeness (QED) is 0.223. The van der Waals surface area contributed by atoms with Gasteiger partial charge in [0, 0.05) is 55.4 Å². The summed E-state index contributed by atoms with van der Waals surface area (Å²) in [7, 11) is 3.75. The zero-order valence-electron chi connectivity index (χ0n) is 25.2. The number of nitrogens with one attached hydrogen (secondary N) is 4. The lowest BCUT2D eigenvalue weighted by molar-refractivity contribution is -0.124. The van der Waals surface area contributed by atoms with Crippen LogP contribution in [0.15, 0.2) is 59.9 Å². The lowest BCUT2D eigenvalue weighted by Crippen LogP contribution is -2.40. The van der Waals surface area contributed by atoms with E-state index in [-0.39, 0.29) is 30.5 Å². The van der Waals surface area contributed by atoms with Crippen LogP contribution in [-0.4, -0.2) is 62.5 Å². The zero-order valence-corrected chi connectivity index (χ0v) is 25.9. The second kappa shape index (κ2) is 16.0. The maximum absolute atomic E-state index is 13.4. The molecular formula is C31H44ClN5O4. The maximum Gasteiger partial charge on any atom is 0.273 e. The molecule has 0 unspecified atom stereocenters. The average molecular weight is 586 g/mol. The Morgan fingerprint density at radius 1 is 1.07 bits per heavy atom. The summed E-state index contributed by atoms with van der Waals surface area (Å²) in [5.74, 6) is -0.673. The van der Waals surface area contributed by atoms with E-state index >= 15 is 0 Å². The molecule has 0 aliphatic rings. The van der Waals surface area contributed by atoms with E-state index in [2.05, 4.69) is 40.0 Å². The van der Waals surface area contributed by atoms with Gasteiger partial charge in [-0.1, -0.05) is 43.6 Å². The maximum atomic E-state index is 13.4. The van der Waals surface area contributed by atoms with E-state index in [1.807, 2.05) is 46.0 Å². The third-order valence-corrected chi connectivity index (χ3v) is 6.81. The van der Waals surface area contributed by atoms with Gasteiger partial charge in [0.2, 0.25) is 5.91 Å². The van der Waals surface area contributed by atoms with Crippen LogP contribution in [0, 0.1) is 5.41 Å². The Hall–Kier alpha value is -3.56. The van der Waals surface area contributed by atoms with Crippen LogP contribution in [0.2, 0.25) is 5.02 Å². The van der Waals surface area contributed by atoms with Crippen LogP contribution < -0.4 is 26.0 Å². The molecule has 0 heterocycles. The summed E-state index contributed by atoms with van der Waals surface area (Å²) in [6, 6.07) is 14.3. The first-order chi connectivity index (χ1) is 19.4. The number of ether oxygens (including phenoxy) is 1. The molecule has 0 fully saturated rings. The number of nitrogens with zero attached hydrogens (tertiary/aromatic N) is 1. The Balaban J connectivity index is 2.17. The van der Waals surface area contributed by atoms with Gasteiger partial charge in [0.15, 0.2) is 0 Å². The molecule has 2 rings (SSSR count). The van der Waals surface area contributed by atoms with Crippen molar-refractivity contribution in [3.05, 3.63) is 70.5 Å². The fourth-order valence-corrected chi connectivity index (χ4v) is 4.13. The molecule has 2 aromatic carbocycles. The van der Waals surface area contributed by atoms with Crippen LogP contribution in [-0.2, 0) is 9.59 Å². The second-order valence-electron chi connectivity index (χ2n) is 10.9. The standard InChI is InChI=1S/C31H44ClN5O4/c1-8-41-26-15-14-22(32)18-24(26)29(39)34-20-31(4,5)19-27(38)36-28(25(33-6)16-17-37(7)21(2)3)30(40)35-23-12-10-9-11-13-23/h9-15,18,21,33H,8,16-17,19-20H2,1-7H3,(H,34,39)(H,35,40)(H,36,38)/b28-25+. The number of para-hydroxylation sites is 1. The summed E-state index contributed by atoms with van der Waals surface area (Å²) >= 11 is 6.10. The molecule has 224 valence electrons. The van der Waals surface area contributed by atoms with Crippen molar-refractivity contribution in [3.8, 4) is 5.75 Å². The minimum atomic E-state index is -0.622. The Kier molecular flexibility index (Phi) is 13.2. The Labute approximate surface area is 249 Å². The Bertz CT molecular complexity index is 1210. The molecule has 0 aromatic heterocycles. The third-order valence-electron chi connectivity index (χ3n) is 6.58. The van der Waals surface area contributed by atoms with Crippen LogP contribution in [0.25, 0.3) is 0 Å². The van der Waals surface area contributed by atoms with Gasteiger partial charge in [-0.2, -0.15) is 0 Å². The molecule has 0 saturated heterocycles. The summed E-state index contributed by atoms with van der Waals surface area (Å²) in [6.45, 7) is 11.1. The topological polar surface area (TPSA) is 112 Å². The molecule has 10 heteroatoms. The lowest BCUT2D eigenvalue weighted by Gasteiger charge is -2.26. The zero-order chi connectivity index (χ0) is 30.6. The van der Waals surface area contributed by atoms with Crippen LogP contribution >= 0.6 is 11.6 Å². The largest absolute Gasteiger partial charge is 0.493 e. The first-order valence-corrected chi connectivity index (χ1v) is 14.2. The molecular weight excluding hydrogens is 542 g/mol. The number of amides is 3. The SMILES string of the molecule is CCOc1ccc(Cl)cc1C(=O)NCC(C)(C)CC(=O)N/C(C(=O)Nc1ccccc1)=C(\CCN(C)C(C)C)NC. The van der Waals surface area contributed by atoms with Crippen LogP contribution in [0.4, 0.5) is 5.69 Å². The van der Waals surface area contributed by atoms with E-state index in [0.29, 0.717) is 53.3 Å². The van der Waals surface area contributed by atoms with Gasteiger partial charge in [-0.15, -0.1) is 0 Å². The van der Waals surface area contributed by atoms with E-state index in [0.717, 1.165) is 0 Å². The van der Waals surface area contributed by atoms with E-state index in [9.17, 15) is 14.4 Å².